The first-order valence-corrected chi connectivity index (χ1v) is 4.81. The highest BCUT2D eigenvalue weighted by Gasteiger charge is 2.12. The van der Waals surface area contributed by atoms with Crippen molar-refractivity contribution in [3.8, 4) is 0 Å². The summed E-state index contributed by atoms with van der Waals surface area (Å²) in [5.41, 5.74) is 2.23. The number of hydrogen-bond donors (Lipinski definition) is 1. The lowest BCUT2D eigenvalue weighted by Gasteiger charge is -2.13. The van der Waals surface area contributed by atoms with Crippen molar-refractivity contribution in [1.29, 1.82) is 0 Å². The molecule has 1 N–H and O–H groups in total. The van der Waals surface area contributed by atoms with E-state index in [2.05, 4.69) is 9.97 Å². The third-order valence-corrected chi connectivity index (χ3v) is 2.42. The van der Waals surface area contributed by atoms with Gasteiger partial charge in [0.1, 0.15) is 12.2 Å². The highest BCUT2D eigenvalue weighted by molar-refractivity contribution is 5.68. The average Bonchev–Trinajstić information content (AvgIpc) is 2.17. The number of hydrogen-bond acceptors (Lipinski definition) is 3. The SMILES string of the molecule is O=C(O)Cc1ncc2c(n1)CCCC2. The molecule has 1 aliphatic rings. The molecule has 0 unspecified atom stereocenters. The van der Waals surface area contributed by atoms with Gasteiger partial charge in [0.25, 0.3) is 0 Å². The Kier molecular flexibility index (Phi) is 2.43. The van der Waals surface area contributed by atoms with Crippen molar-refractivity contribution in [2.45, 2.75) is 32.1 Å². The van der Waals surface area contributed by atoms with Gasteiger partial charge >= 0.3 is 5.97 Å². The van der Waals surface area contributed by atoms with E-state index in [9.17, 15) is 4.79 Å². The van der Waals surface area contributed by atoms with E-state index in [0.717, 1.165) is 25.0 Å². The van der Waals surface area contributed by atoms with E-state index >= 15 is 0 Å². The van der Waals surface area contributed by atoms with E-state index in [1.165, 1.54) is 12.0 Å². The fourth-order valence-electron chi connectivity index (χ4n) is 1.74. The minimum atomic E-state index is -0.874. The van der Waals surface area contributed by atoms with Crippen LogP contribution in [0.2, 0.25) is 0 Å². The van der Waals surface area contributed by atoms with Gasteiger partial charge in [0, 0.05) is 11.9 Å². The number of aliphatic carboxylic acids is 1. The van der Waals surface area contributed by atoms with Crippen LogP contribution in [0.15, 0.2) is 6.20 Å². The molecule has 0 saturated carbocycles. The van der Waals surface area contributed by atoms with E-state index < -0.39 is 5.97 Å². The Labute approximate surface area is 82.0 Å². The van der Waals surface area contributed by atoms with Crippen LogP contribution in [0.1, 0.15) is 29.9 Å². The average molecular weight is 192 g/mol. The molecular formula is C10H12N2O2. The molecule has 0 amide bonds. The lowest BCUT2D eigenvalue weighted by Crippen LogP contribution is -2.11. The predicted octanol–water partition coefficient (Wildman–Crippen LogP) is 0.983. The van der Waals surface area contributed by atoms with Crippen molar-refractivity contribution in [2.75, 3.05) is 0 Å². The molecule has 0 bridgehead atoms. The number of carboxylic acid groups (broad SMARTS) is 1. The normalized spacial score (nSPS) is 14.9. The number of aromatic nitrogens is 2. The van der Waals surface area contributed by atoms with E-state index in [-0.39, 0.29) is 6.42 Å². The maximum atomic E-state index is 10.5. The summed E-state index contributed by atoms with van der Waals surface area (Å²) in [4.78, 5) is 18.8. The fourth-order valence-corrected chi connectivity index (χ4v) is 1.74. The Bertz CT molecular complexity index is 363. The summed E-state index contributed by atoms with van der Waals surface area (Å²) < 4.78 is 0. The first-order valence-electron chi connectivity index (χ1n) is 4.81. The molecule has 0 saturated heterocycles. The van der Waals surface area contributed by atoms with Gasteiger partial charge in [-0.2, -0.15) is 0 Å². The maximum absolute atomic E-state index is 10.5. The Morgan fingerprint density at radius 3 is 3.00 bits per heavy atom. The molecule has 1 aromatic heterocycles. The fraction of sp³-hybridized carbons (Fsp3) is 0.500. The largest absolute Gasteiger partial charge is 0.481 e. The zero-order valence-corrected chi connectivity index (χ0v) is 7.86. The van der Waals surface area contributed by atoms with Gasteiger partial charge in [-0.15, -0.1) is 0 Å². The molecule has 0 spiro atoms. The standard InChI is InChI=1S/C10H12N2O2/c13-10(14)5-9-11-6-7-3-1-2-4-8(7)12-9/h6H,1-5H2,(H,13,14). The second-order valence-electron chi connectivity index (χ2n) is 3.54. The van der Waals surface area contributed by atoms with E-state index in [1.54, 1.807) is 6.20 Å². The summed E-state index contributed by atoms with van der Waals surface area (Å²) >= 11 is 0. The molecule has 0 aromatic carbocycles. The molecule has 4 heteroatoms. The van der Waals surface area contributed by atoms with Gasteiger partial charge in [-0.1, -0.05) is 0 Å². The van der Waals surface area contributed by atoms with Crippen LogP contribution in [0.4, 0.5) is 0 Å². The molecule has 2 rings (SSSR count). The summed E-state index contributed by atoms with van der Waals surface area (Å²) in [7, 11) is 0. The summed E-state index contributed by atoms with van der Waals surface area (Å²) in [6.45, 7) is 0. The van der Waals surface area contributed by atoms with Crippen LogP contribution in [0.3, 0.4) is 0 Å². The predicted molar refractivity (Wildman–Crippen MR) is 50.0 cm³/mol. The molecule has 4 nitrogen and oxygen atoms in total. The summed E-state index contributed by atoms with van der Waals surface area (Å²) in [6.07, 6.45) is 6.03. The second kappa shape index (κ2) is 3.74. The van der Waals surface area contributed by atoms with Crippen LogP contribution in [0.25, 0.3) is 0 Å². The zero-order valence-electron chi connectivity index (χ0n) is 7.86. The topological polar surface area (TPSA) is 63.1 Å². The Hall–Kier alpha value is -1.45. The number of carbonyl (C=O) groups is 1. The maximum Gasteiger partial charge on any atom is 0.311 e. The van der Waals surface area contributed by atoms with Crippen LogP contribution in [-0.4, -0.2) is 21.0 Å². The van der Waals surface area contributed by atoms with Gasteiger partial charge in [-0.3, -0.25) is 4.79 Å². The van der Waals surface area contributed by atoms with Gasteiger partial charge in [-0.05, 0) is 31.2 Å². The number of nitrogens with zero attached hydrogens (tertiary/aromatic N) is 2. The molecule has 0 aliphatic heterocycles. The van der Waals surface area contributed by atoms with Gasteiger partial charge in [-0.25, -0.2) is 9.97 Å². The first-order chi connectivity index (χ1) is 6.75. The smallest absolute Gasteiger partial charge is 0.311 e. The molecule has 0 radical (unpaired) electrons. The lowest BCUT2D eigenvalue weighted by molar-refractivity contribution is -0.136. The molecular weight excluding hydrogens is 180 g/mol. The number of carboxylic acids is 1. The molecule has 0 fully saturated rings. The van der Waals surface area contributed by atoms with Crippen molar-refractivity contribution in [3.63, 3.8) is 0 Å². The second-order valence-corrected chi connectivity index (χ2v) is 3.54. The number of fused-ring (bicyclic) bond motifs is 1. The summed E-state index contributed by atoms with van der Waals surface area (Å²) in [5, 5.41) is 8.59. The highest BCUT2D eigenvalue weighted by atomic mass is 16.4. The Balaban J connectivity index is 2.24. The van der Waals surface area contributed by atoms with Crippen molar-refractivity contribution in [2.24, 2.45) is 0 Å². The quantitative estimate of drug-likeness (QED) is 0.758. The number of rotatable bonds is 2. The van der Waals surface area contributed by atoms with Crippen molar-refractivity contribution in [1.82, 2.24) is 9.97 Å². The summed E-state index contributed by atoms with van der Waals surface area (Å²) in [5.74, 6) is -0.445. The van der Waals surface area contributed by atoms with Gasteiger partial charge < -0.3 is 5.11 Å². The highest BCUT2D eigenvalue weighted by Crippen LogP contribution is 2.18. The molecule has 1 heterocycles. The molecule has 14 heavy (non-hydrogen) atoms. The molecule has 1 aliphatic carbocycles. The van der Waals surface area contributed by atoms with Crippen LogP contribution in [0.5, 0.6) is 0 Å². The third-order valence-electron chi connectivity index (χ3n) is 2.42. The van der Waals surface area contributed by atoms with Crippen molar-refractivity contribution < 1.29 is 9.90 Å². The third kappa shape index (κ3) is 1.89. The minimum absolute atomic E-state index is 0.0761. The Morgan fingerprint density at radius 2 is 2.21 bits per heavy atom. The first kappa shape index (κ1) is 9.12. The minimum Gasteiger partial charge on any atom is -0.481 e. The van der Waals surface area contributed by atoms with Crippen LogP contribution >= 0.6 is 0 Å². The van der Waals surface area contributed by atoms with E-state index in [4.69, 9.17) is 5.11 Å². The van der Waals surface area contributed by atoms with Crippen LogP contribution in [0, 0.1) is 0 Å². The summed E-state index contributed by atoms with van der Waals surface area (Å²) in [6, 6.07) is 0. The van der Waals surface area contributed by atoms with Gasteiger partial charge in [0.15, 0.2) is 0 Å². The monoisotopic (exact) mass is 192 g/mol. The van der Waals surface area contributed by atoms with Crippen LogP contribution < -0.4 is 0 Å². The molecule has 0 atom stereocenters. The number of aryl methyl sites for hydroxylation is 2. The van der Waals surface area contributed by atoms with Crippen molar-refractivity contribution >= 4 is 5.97 Å². The van der Waals surface area contributed by atoms with E-state index in [0.29, 0.717) is 5.82 Å². The zero-order chi connectivity index (χ0) is 9.97. The van der Waals surface area contributed by atoms with E-state index in [1.807, 2.05) is 0 Å². The Morgan fingerprint density at radius 1 is 1.43 bits per heavy atom. The van der Waals surface area contributed by atoms with Gasteiger partial charge in [0.2, 0.25) is 0 Å². The lowest BCUT2D eigenvalue weighted by atomic mass is 9.97. The van der Waals surface area contributed by atoms with Crippen molar-refractivity contribution in [3.05, 3.63) is 23.3 Å². The molecule has 1 aromatic rings. The molecule has 74 valence electrons. The van der Waals surface area contributed by atoms with Gasteiger partial charge in [0.05, 0.1) is 0 Å². The van der Waals surface area contributed by atoms with Crippen LogP contribution in [-0.2, 0) is 24.1 Å².